The van der Waals surface area contributed by atoms with E-state index in [2.05, 4.69) is 17.5 Å². The van der Waals surface area contributed by atoms with Crippen molar-refractivity contribution in [1.82, 2.24) is 9.88 Å². The van der Waals surface area contributed by atoms with E-state index in [1.807, 2.05) is 30.3 Å². The number of rotatable bonds is 4. The SMILES string of the molecule is O=C(OCC(=O)N1CCCC1)c1c2c(nc3ccccc13)/C(=C\c1cccs1)CCC2. The molecule has 0 N–H and O–H groups in total. The Labute approximate surface area is 185 Å². The molecule has 0 atom stereocenters. The van der Waals surface area contributed by atoms with E-state index in [0.29, 0.717) is 5.56 Å². The summed E-state index contributed by atoms with van der Waals surface area (Å²) in [4.78, 5) is 33.5. The maximum Gasteiger partial charge on any atom is 0.339 e. The predicted octanol–water partition coefficient (Wildman–Crippen LogP) is 4.95. The van der Waals surface area contributed by atoms with Gasteiger partial charge in [0.2, 0.25) is 0 Å². The van der Waals surface area contributed by atoms with Gasteiger partial charge in [-0.15, -0.1) is 11.3 Å². The molecule has 6 heteroatoms. The van der Waals surface area contributed by atoms with Gasteiger partial charge in [-0.05, 0) is 66.8 Å². The second-order valence-corrected chi connectivity index (χ2v) is 9.01. The molecule has 0 unspecified atom stereocenters. The van der Waals surface area contributed by atoms with Crippen molar-refractivity contribution < 1.29 is 14.3 Å². The van der Waals surface area contributed by atoms with E-state index in [-0.39, 0.29) is 12.5 Å². The lowest BCUT2D eigenvalue weighted by Gasteiger charge is -2.22. The van der Waals surface area contributed by atoms with Crippen LogP contribution in [0.5, 0.6) is 0 Å². The van der Waals surface area contributed by atoms with E-state index in [4.69, 9.17) is 9.72 Å². The molecule has 0 radical (unpaired) electrons. The number of benzene rings is 1. The number of nitrogens with zero attached hydrogens (tertiary/aromatic N) is 2. The van der Waals surface area contributed by atoms with Gasteiger partial charge in [0, 0.05) is 23.4 Å². The summed E-state index contributed by atoms with van der Waals surface area (Å²) in [6.07, 6.45) is 6.87. The molecular weight excluding hydrogens is 408 g/mol. The Kier molecular flexibility index (Phi) is 5.55. The highest BCUT2D eigenvalue weighted by molar-refractivity contribution is 7.10. The van der Waals surface area contributed by atoms with E-state index in [9.17, 15) is 9.59 Å². The van der Waals surface area contributed by atoms with Crippen LogP contribution in [0, 0.1) is 0 Å². The number of fused-ring (bicyclic) bond motifs is 2. The molecule has 5 nitrogen and oxygen atoms in total. The number of ether oxygens (including phenoxy) is 1. The average Bonchev–Trinajstić information content (AvgIpc) is 3.50. The van der Waals surface area contributed by atoms with Crippen molar-refractivity contribution in [1.29, 1.82) is 0 Å². The summed E-state index contributed by atoms with van der Waals surface area (Å²) in [5.74, 6) is -0.545. The number of pyridine rings is 1. The van der Waals surface area contributed by atoms with Gasteiger partial charge >= 0.3 is 5.97 Å². The fourth-order valence-electron chi connectivity index (χ4n) is 4.51. The van der Waals surface area contributed by atoms with Gasteiger partial charge < -0.3 is 9.64 Å². The molecule has 31 heavy (non-hydrogen) atoms. The van der Waals surface area contributed by atoms with Crippen molar-refractivity contribution in [3.63, 3.8) is 0 Å². The Bertz CT molecular complexity index is 1160. The van der Waals surface area contributed by atoms with Crippen molar-refractivity contribution >= 4 is 45.8 Å². The number of para-hydroxylation sites is 1. The zero-order valence-electron chi connectivity index (χ0n) is 17.3. The second-order valence-electron chi connectivity index (χ2n) is 8.03. The first kappa shape index (κ1) is 19.9. The largest absolute Gasteiger partial charge is 0.452 e. The number of hydrogen-bond donors (Lipinski definition) is 0. The molecule has 1 aliphatic carbocycles. The topological polar surface area (TPSA) is 59.5 Å². The number of carbonyl (C=O) groups is 2. The molecule has 0 bridgehead atoms. The average molecular weight is 433 g/mol. The minimum atomic E-state index is -0.431. The summed E-state index contributed by atoms with van der Waals surface area (Å²) < 4.78 is 5.54. The molecular formula is C25H24N2O3S. The van der Waals surface area contributed by atoms with Crippen molar-refractivity contribution in [2.75, 3.05) is 19.7 Å². The maximum absolute atomic E-state index is 13.2. The summed E-state index contributed by atoms with van der Waals surface area (Å²) in [6, 6.07) is 11.8. The van der Waals surface area contributed by atoms with E-state index in [1.165, 1.54) is 4.88 Å². The molecule has 0 saturated carbocycles. The van der Waals surface area contributed by atoms with Crippen LogP contribution in [0.2, 0.25) is 0 Å². The van der Waals surface area contributed by atoms with Gasteiger partial charge in [-0.1, -0.05) is 24.3 Å². The normalized spacial score (nSPS) is 17.2. The Morgan fingerprint density at radius 2 is 1.90 bits per heavy atom. The van der Waals surface area contributed by atoms with Gasteiger partial charge in [0.05, 0.1) is 16.8 Å². The number of aromatic nitrogens is 1. The first-order chi connectivity index (χ1) is 15.2. The Morgan fingerprint density at radius 1 is 1.06 bits per heavy atom. The van der Waals surface area contributed by atoms with Crippen LogP contribution in [0.15, 0.2) is 41.8 Å². The zero-order chi connectivity index (χ0) is 21.2. The molecule has 2 aliphatic rings. The van der Waals surface area contributed by atoms with Crippen LogP contribution in [0.4, 0.5) is 0 Å². The summed E-state index contributed by atoms with van der Waals surface area (Å²) >= 11 is 1.69. The number of amides is 1. The van der Waals surface area contributed by atoms with Crippen molar-refractivity contribution in [2.24, 2.45) is 0 Å². The number of hydrogen-bond acceptors (Lipinski definition) is 5. The highest BCUT2D eigenvalue weighted by Crippen LogP contribution is 2.36. The molecule has 1 fully saturated rings. The van der Waals surface area contributed by atoms with Gasteiger partial charge in [0.1, 0.15) is 0 Å². The third-order valence-electron chi connectivity index (χ3n) is 6.02. The first-order valence-electron chi connectivity index (χ1n) is 10.8. The van der Waals surface area contributed by atoms with E-state index >= 15 is 0 Å². The molecule has 3 aromatic rings. The van der Waals surface area contributed by atoms with Crippen molar-refractivity contribution in [2.45, 2.75) is 32.1 Å². The summed E-state index contributed by atoms with van der Waals surface area (Å²) in [6.45, 7) is 1.30. The van der Waals surface area contributed by atoms with E-state index in [0.717, 1.165) is 72.9 Å². The highest BCUT2D eigenvalue weighted by Gasteiger charge is 2.27. The first-order valence-corrected chi connectivity index (χ1v) is 11.7. The molecule has 2 aromatic heterocycles. The molecule has 1 amide bonds. The minimum Gasteiger partial charge on any atom is -0.452 e. The maximum atomic E-state index is 13.2. The van der Waals surface area contributed by atoms with Gasteiger partial charge in [-0.25, -0.2) is 9.78 Å². The van der Waals surface area contributed by atoms with Crippen LogP contribution in [0.25, 0.3) is 22.6 Å². The molecule has 1 aliphatic heterocycles. The lowest BCUT2D eigenvalue weighted by atomic mass is 9.86. The fourth-order valence-corrected chi connectivity index (χ4v) is 5.19. The number of esters is 1. The number of allylic oxidation sites excluding steroid dienone is 1. The number of carbonyl (C=O) groups excluding carboxylic acids is 2. The fraction of sp³-hybridized carbons (Fsp3) is 0.320. The predicted molar refractivity (Wildman–Crippen MR) is 123 cm³/mol. The van der Waals surface area contributed by atoms with Gasteiger partial charge in [0.25, 0.3) is 5.91 Å². The second kappa shape index (κ2) is 8.63. The summed E-state index contributed by atoms with van der Waals surface area (Å²) in [5, 5.41) is 2.85. The van der Waals surface area contributed by atoms with Gasteiger partial charge in [-0.2, -0.15) is 0 Å². The van der Waals surface area contributed by atoms with Gasteiger partial charge in [-0.3, -0.25) is 4.79 Å². The minimum absolute atomic E-state index is 0.114. The molecule has 1 saturated heterocycles. The van der Waals surface area contributed by atoms with Crippen molar-refractivity contribution in [3.05, 3.63) is 63.5 Å². The van der Waals surface area contributed by atoms with Crippen LogP contribution in [-0.2, 0) is 16.0 Å². The van der Waals surface area contributed by atoms with Crippen molar-refractivity contribution in [3.8, 4) is 0 Å². The molecule has 5 rings (SSSR count). The van der Waals surface area contributed by atoms with E-state index in [1.54, 1.807) is 16.2 Å². The van der Waals surface area contributed by atoms with Crippen LogP contribution >= 0.6 is 11.3 Å². The highest BCUT2D eigenvalue weighted by atomic mass is 32.1. The number of thiophene rings is 1. The quantitative estimate of drug-likeness (QED) is 0.547. The Balaban J connectivity index is 1.52. The lowest BCUT2D eigenvalue weighted by molar-refractivity contribution is -0.133. The summed E-state index contributed by atoms with van der Waals surface area (Å²) in [7, 11) is 0. The number of likely N-dealkylation sites (tertiary alicyclic amines) is 1. The third-order valence-corrected chi connectivity index (χ3v) is 6.84. The van der Waals surface area contributed by atoms with E-state index < -0.39 is 5.97 Å². The standard InChI is InChI=1S/C25H24N2O3S/c28-22(27-12-3-4-13-27)16-30-25(29)23-19-9-1-2-11-21(19)26-24-17(7-5-10-20(23)24)15-18-8-6-14-31-18/h1-2,6,8-9,11,14-15H,3-5,7,10,12-13,16H2/b17-15-. The molecule has 1 aromatic carbocycles. The third kappa shape index (κ3) is 4.00. The Morgan fingerprint density at radius 3 is 2.71 bits per heavy atom. The van der Waals surface area contributed by atoms with Crippen LogP contribution in [0.1, 0.15) is 52.2 Å². The van der Waals surface area contributed by atoms with Crippen LogP contribution in [-0.4, -0.2) is 41.5 Å². The molecule has 3 heterocycles. The van der Waals surface area contributed by atoms with Gasteiger partial charge in [0.15, 0.2) is 6.61 Å². The van der Waals surface area contributed by atoms with Crippen LogP contribution < -0.4 is 0 Å². The lowest BCUT2D eigenvalue weighted by Crippen LogP contribution is -2.32. The van der Waals surface area contributed by atoms with Crippen LogP contribution in [0.3, 0.4) is 0 Å². The zero-order valence-corrected chi connectivity index (χ0v) is 18.1. The smallest absolute Gasteiger partial charge is 0.339 e. The molecule has 158 valence electrons. The molecule has 0 spiro atoms. The summed E-state index contributed by atoms with van der Waals surface area (Å²) in [5.41, 5.74) is 4.31. The monoisotopic (exact) mass is 432 g/mol. The Hall–Kier alpha value is -2.99.